The Morgan fingerprint density at radius 2 is 1.96 bits per heavy atom. The second-order valence-corrected chi connectivity index (χ2v) is 8.20. The third kappa shape index (κ3) is 3.34. The minimum atomic E-state index is -0.586. The summed E-state index contributed by atoms with van der Waals surface area (Å²) >= 11 is 12.7. The maximum atomic E-state index is 13.5. The molecule has 1 unspecified atom stereocenters. The standard InChI is InChI=1S/C20H24Cl2O4/c1-3-4-9-20(14-7-5-6-8-14)11-13-10-15(26-25-12(2)23)17(21)18(22)16(13)19(20)24/h10,14H,3-9,11H2,1-2H3. The first-order chi connectivity index (χ1) is 12.4. The average Bonchev–Trinajstić information content (AvgIpc) is 3.23. The van der Waals surface area contributed by atoms with E-state index in [0.29, 0.717) is 17.9 Å². The Bertz CT molecular complexity index is 725. The monoisotopic (exact) mass is 398 g/mol. The zero-order valence-electron chi connectivity index (χ0n) is 15.2. The van der Waals surface area contributed by atoms with E-state index in [2.05, 4.69) is 11.8 Å². The van der Waals surface area contributed by atoms with Gasteiger partial charge in [-0.15, -0.1) is 0 Å². The Labute approximate surface area is 164 Å². The van der Waals surface area contributed by atoms with Gasteiger partial charge in [-0.3, -0.25) is 14.6 Å². The molecule has 4 nitrogen and oxygen atoms in total. The van der Waals surface area contributed by atoms with Crippen molar-refractivity contribution < 1.29 is 19.4 Å². The first-order valence-corrected chi connectivity index (χ1v) is 10.1. The number of rotatable bonds is 6. The van der Waals surface area contributed by atoms with E-state index in [0.717, 1.165) is 37.7 Å². The fourth-order valence-corrected chi connectivity index (χ4v) is 5.06. The smallest absolute Gasteiger partial charge is 0.293 e. The van der Waals surface area contributed by atoms with Crippen LogP contribution in [0.4, 0.5) is 0 Å². The van der Waals surface area contributed by atoms with Gasteiger partial charge in [-0.1, -0.05) is 55.8 Å². The summed E-state index contributed by atoms with van der Waals surface area (Å²) in [6.45, 7) is 3.38. The molecule has 1 saturated carbocycles. The second-order valence-electron chi connectivity index (χ2n) is 7.44. The Morgan fingerprint density at radius 1 is 1.27 bits per heavy atom. The van der Waals surface area contributed by atoms with Gasteiger partial charge in [0.25, 0.3) is 0 Å². The highest BCUT2D eigenvalue weighted by Crippen LogP contribution is 2.54. The van der Waals surface area contributed by atoms with Crippen LogP contribution < -0.4 is 4.89 Å². The van der Waals surface area contributed by atoms with Crippen molar-refractivity contribution in [1.82, 2.24) is 0 Å². The first kappa shape index (κ1) is 19.5. The van der Waals surface area contributed by atoms with Crippen LogP contribution in [0.15, 0.2) is 6.07 Å². The summed E-state index contributed by atoms with van der Waals surface area (Å²) in [6.07, 6.45) is 8.12. The number of hydrogen-bond acceptors (Lipinski definition) is 4. The number of ketones is 1. The molecule has 1 fully saturated rings. The van der Waals surface area contributed by atoms with Crippen LogP contribution in [0.1, 0.15) is 74.7 Å². The summed E-state index contributed by atoms with van der Waals surface area (Å²) in [6, 6.07) is 1.70. The third-order valence-electron chi connectivity index (χ3n) is 5.80. The van der Waals surface area contributed by atoms with Crippen LogP contribution in [0, 0.1) is 11.3 Å². The molecule has 0 saturated heterocycles. The summed E-state index contributed by atoms with van der Waals surface area (Å²) in [5.41, 5.74) is 0.978. The van der Waals surface area contributed by atoms with E-state index in [1.54, 1.807) is 6.07 Å². The number of carbonyl (C=O) groups is 2. The number of benzene rings is 1. The van der Waals surface area contributed by atoms with E-state index < -0.39 is 5.97 Å². The van der Waals surface area contributed by atoms with Crippen molar-refractivity contribution in [2.45, 2.75) is 65.2 Å². The Kier molecular flexibility index (Phi) is 5.83. The molecule has 0 aliphatic heterocycles. The van der Waals surface area contributed by atoms with E-state index in [1.165, 1.54) is 19.8 Å². The summed E-state index contributed by atoms with van der Waals surface area (Å²) in [5, 5.41) is 0.311. The minimum absolute atomic E-state index is 0.109. The number of Topliss-reactive ketones (excluding diaryl/α,β-unsaturated/α-hetero) is 1. The molecule has 0 radical (unpaired) electrons. The molecular formula is C20H24Cl2O4. The molecule has 0 heterocycles. The lowest BCUT2D eigenvalue weighted by molar-refractivity contribution is -0.210. The van der Waals surface area contributed by atoms with Gasteiger partial charge in [0, 0.05) is 17.9 Å². The summed E-state index contributed by atoms with van der Waals surface area (Å²) in [5.74, 6) is 0.105. The van der Waals surface area contributed by atoms with E-state index >= 15 is 0 Å². The molecule has 1 atom stereocenters. The zero-order chi connectivity index (χ0) is 18.9. The van der Waals surface area contributed by atoms with Gasteiger partial charge in [-0.2, -0.15) is 0 Å². The Hall–Kier alpha value is -1.26. The molecule has 142 valence electrons. The van der Waals surface area contributed by atoms with Crippen molar-refractivity contribution in [2.24, 2.45) is 11.3 Å². The normalized spacial score (nSPS) is 22.5. The van der Waals surface area contributed by atoms with Crippen molar-refractivity contribution in [3.8, 4) is 5.75 Å². The highest BCUT2D eigenvalue weighted by Gasteiger charge is 2.51. The average molecular weight is 399 g/mol. The molecule has 6 heteroatoms. The first-order valence-electron chi connectivity index (χ1n) is 9.31. The Balaban J connectivity index is 2.00. The minimum Gasteiger partial charge on any atom is -0.293 e. The van der Waals surface area contributed by atoms with Gasteiger partial charge in [0.05, 0.1) is 5.02 Å². The molecule has 0 bridgehead atoms. The molecular weight excluding hydrogens is 375 g/mol. The zero-order valence-corrected chi connectivity index (χ0v) is 16.7. The fraction of sp³-hybridized carbons (Fsp3) is 0.600. The van der Waals surface area contributed by atoms with E-state index in [-0.39, 0.29) is 27.0 Å². The number of hydrogen-bond donors (Lipinski definition) is 0. The molecule has 2 aliphatic carbocycles. The van der Waals surface area contributed by atoms with Crippen LogP contribution >= 0.6 is 23.2 Å². The lowest BCUT2D eigenvalue weighted by Crippen LogP contribution is -2.35. The summed E-state index contributed by atoms with van der Waals surface area (Å²) < 4.78 is 0. The van der Waals surface area contributed by atoms with Crippen LogP contribution in [0.25, 0.3) is 0 Å². The number of carbonyl (C=O) groups excluding carboxylic acids is 2. The SMILES string of the molecule is CCCCC1(C2CCCC2)Cc2cc(OOC(C)=O)c(Cl)c(Cl)c2C1=O. The van der Waals surface area contributed by atoms with Crippen LogP contribution in [-0.4, -0.2) is 11.8 Å². The predicted octanol–water partition coefficient (Wildman–Crippen LogP) is 5.96. The number of unbranched alkanes of at least 4 members (excludes halogenated alkanes) is 1. The van der Waals surface area contributed by atoms with Crippen LogP contribution in [0.3, 0.4) is 0 Å². The summed E-state index contributed by atoms with van der Waals surface area (Å²) in [7, 11) is 0. The second kappa shape index (κ2) is 7.77. The lowest BCUT2D eigenvalue weighted by atomic mass is 9.68. The van der Waals surface area contributed by atoms with Gasteiger partial charge in [-0.25, -0.2) is 4.79 Å². The topological polar surface area (TPSA) is 52.6 Å². The predicted molar refractivity (Wildman–Crippen MR) is 101 cm³/mol. The van der Waals surface area contributed by atoms with Gasteiger partial charge in [0.2, 0.25) is 0 Å². The van der Waals surface area contributed by atoms with Crippen molar-refractivity contribution >= 4 is 35.0 Å². The van der Waals surface area contributed by atoms with E-state index in [1.807, 2.05) is 0 Å². The molecule has 0 aromatic heterocycles. The maximum Gasteiger partial charge on any atom is 0.352 e. The quantitative estimate of drug-likeness (QED) is 0.438. The molecule has 26 heavy (non-hydrogen) atoms. The largest absolute Gasteiger partial charge is 0.352 e. The van der Waals surface area contributed by atoms with Crippen molar-refractivity contribution in [2.75, 3.05) is 0 Å². The molecule has 1 aromatic carbocycles. The van der Waals surface area contributed by atoms with Crippen molar-refractivity contribution in [3.05, 3.63) is 27.2 Å². The fourth-order valence-electron chi connectivity index (χ4n) is 4.58. The highest BCUT2D eigenvalue weighted by atomic mass is 35.5. The molecule has 2 aliphatic rings. The van der Waals surface area contributed by atoms with Gasteiger partial charge < -0.3 is 0 Å². The third-order valence-corrected chi connectivity index (χ3v) is 6.65. The Morgan fingerprint density at radius 3 is 2.58 bits per heavy atom. The van der Waals surface area contributed by atoms with Crippen LogP contribution in [0.5, 0.6) is 5.75 Å². The van der Waals surface area contributed by atoms with E-state index in [4.69, 9.17) is 28.1 Å². The van der Waals surface area contributed by atoms with Gasteiger partial charge in [0.15, 0.2) is 11.5 Å². The van der Waals surface area contributed by atoms with Crippen molar-refractivity contribution in [1.29, 1.82) is 0 Å². The molecule has 3 rings (SSSR count). The lowest BCUT2D eigenvalue weighted by Gasteiger charge is -2.34. The summed E-state index contributed by atoms with van der Waals surface area (Å²) in [4.78, 5) is 34.1. The molecule has 0 spiro atoms. The maximum absolute atomic E-state index is 13.5. The highest BCUT2D eigenvalue weighted by molar-refractivity contribution is 6.45. The molecule has 0 N–H and O–H groups in total. The van der Waals surface area contributed by atoms with Crippen LogP contribution in [-0.2, 0) is 16.1 Å². The number of fused-ring (bicyclic) bond motifs is 1. The van der Waals surface area contributed by atoms with Gasteiger partial charge in [0.1, 0.15) is 5.02 Å². The number of halogens is 2. The molecule has 0 amide bonds. The molecule has 1 aromatic rings. The van der Waals surface area contributed by atoms with Crippen molar-refractivity contribution in [3.63, 3.8) is 0 Å². The van der Waals surface area contributed by atoms with Crippen LogP contribution in [0.2, 0.25) is 10.0 Å². The van der Waals surface area contributed by atoms with Gasteiger partial charge in [-0.05, 0) is 43.2 Å². The van der Waals surface area contributed by atoms with E-state index in [9.17, 15) is 9.59 Å². The van der Waals surface area contributed by atoms with Gasteiger partial charge >= 0.3 is 5.97 Å².